The van der Waals surface area contributed by atoms with Gasteiger partial charge in [-0.05, 0) is 0 Å². The second-order valence-electron chi connectivity index (χ2n) is 6.88. The standard InChI is InChI=1S/C23H14ClNO7/c24-17-15(18(26)11-5-1-3-7-13(11)20(17)28)16-19(27)12-6-2-4-8-14(12)21(29)22(16)32-10-9-25-23(30)31/h1-8,25H,9-10H2,(H,30,31). The lowest BCUT2D eigenvalue weighted by Gasteiger charge is -2.25. The number of hydrogen-bond donors (Lipinski definition) is 2. The molecule has 32 heavy (non-hydrogen) atoms. The molecule has 160 valence electrons. The van der Waals surface area contributed by atoms with E-state index < -0.39 is 51.2 Å². The molecule has 4 rings (SSSR count). The molecule has 2 aliphatic rings. The van der Waals surface area contributed by atoms with E-state index in [-0.39, 0.29) is 35.4 Å². The predicted octanol–water partition coefficient (Wildman–Crippen LogP) is 3.18. The Morgan fingerprint density at radius 3 is 1.78 bits per heavy atom. The van der Waals surface area contributed by atoms with Gasteiger partial charge in [-0.1, -0.05) is 60.1 Å². The highest BCUT2D eigenvalue weighted by molar-refractivity contribution is 6.52. The number of fused-ring (bicyclic) bond motifs is 2. The molecule has 0 saturated heterocycles. The highest BCUT2D eigenvalue weighted by Gasteiger charge is 2.42. The molecule has 0 unspecified atom stereocenters. The summed E-state index contributed by atoms with van der Waals surface area (Å²) >= 11 is 6.26. The smallest absolute Gasteiger partial charge is 0.404 e. The summed E-state index contributed by atoms with van der Waals surface area (Å²) in [5.41, 5.74) is -0.578. The van der Waals surface area contributed by atoms with Crippen LogP contribution in [0.5, 0.6) is 0 Å². The van der Waals surface area contributed by atoms with Crippen LogP contribution < -0.4 is 5.32 Å². The summed E-state index contributed by atoms with van der Waals surface area (Å²) in [6, 6.07) is 12.0. The number of ether oxygens (including phenoxy) is 1. The van der Waals surface area contributed by atoms with Crippen molar-refractivity contribution in [1.82, 2.24) is 5.32 Å². The van der Waals surface area contributed by atoms with E-state index in [0.717, 1.165) is 0 Å². The average Bonchev–Trinajstić information content (AvgIpc) is 2.79. The van der Waals surface area contributed by atoms with Gasteiger partial charge >= 0.3 is 6.09 Å². The quantitative estimate of drug-likeness (QED) is 0.668. The summed E-state index contributed by atoms with van der Waals surface area (Å²) in [6.07, 6.45) is -1.30. The van der Waals surface area contributed by atoms with E-state index in [0.29, 0.717) is 0 Å². The summed E-state index contributed by atoms with van der Waals surface area (Å²) in [7, 11) is 0. The zero-order valence-electron chi connectivity index (χ0n) is 16.3. The molecule has 0 spiro atoms. The van der Waals surface area contributed by atoms with Gasteiger partial charge in [0.25, 0.3) is 0 Å². The van der Waals surface area contributed by atoms with Crippen LogP contribution in [-0.4, -0.2) is 47.5 Å². The third kappa shape index (κ3) is 3.40. The number of hydrogen-bond acceptors (Lipinski definition) is 6. The molecule has 0 aromatic heterocycles. The van der Waals surface area contributed by atoms with Crippen molar-refractivity contribution < 1.29 is 33.8 Å². The van der Waals surface area contributed by atoms with Gasteiger partial charge in [0.15, 0.2) is 17.3 Å². The van der Waals surface area contributed by atoms with Gasteiger partial charge in [-0.15, -0.1) is 0 Å². The molecule has 2 aromatic carbocycles. The Morgan fingerprint density at radius 2 is 1.25 bits per heavy atom. The number of amides is 1. The van der Waals surface area contributed by atoms with E-state index in [1.165, 1.54) is 24.3 Å². The molecular formula is C23H14ClNO7. The Hall–Kier alpha value is -4.04. The number of carboxylic acid groups (broad SMARTS) is 1. The van der Waals surface area contributed by atoms with E-state index in [9.17, 15) is 24.0 Å². The topological polar surface area (TPSA) is 127 Å². The van der Waals surface area contributed by atoms with E-state index in [4.69, 9.17) is 21.4 Å². The normalized spacial score (nSPS) is 15.5. The van der Waals surface area contributed by atoms with Gasteiger partial charge in [-0.25, -0.2) is 4.79 Å². The molecule has 0 bridgehead atoms. The van der Waals surface area contributed by atoms with Crippen molar-refractivity contribution in [2.24, 2.45) is 0 Å². The van der Waals surface area contributed by atoms with Crippen LogP contribution in [-0.2, 0) is 4.74 Å². The number of rotatable bonds is 5. The highest BCUT2D eigenvalue weighted by Crippen LogP contribution is 2.38. The Kier molecular flexibility index (Phi) is 5.46. The molecule has 0 heterocycles. The molecule has 2 aliphatic carbocycles. The number of Topliss-reactive ketones (excluding diaryl/α,β-unsaturated/α-hetero) is 4. The number of carbonyl (C=O) groups is 5. The molecule has 1 amide bonds. The SMILES string of the molecule is O=C(O)NCCOC1=C(C2=C(Cl)C(=O)c3ccccc3C2=O)C(=O)c2ccccc2C1=O. The zero-order valence-corrected chi connectivity index (χ0v) is 17.1. The van der Waals surface area contributed by atoms with Crippen LogP contribution in [0.4, 0.5) is 4.79 Å². The number of allylic oxidation sites excluding steroid dienone is 4. The Balaban J connectivity index is 1.88. The highest BCUT2D eigenvalue weighted by atomic mass is 35.5. The monoisotopic (exact) mass is 451 g/mol. The van der Waals surface area contributed by atoms with Gasteiger partial charge in [0.1, 0.15) is 11.6 Å². The lowest BCUT2D eigenvalue weighted by molar-refractivity contribution is 0.0869. The first-order chi connectivity index (χ1) is 15.3. The number of nitrogens with one attached hydrogen (secondary N) is 1. The third-order valence-corrected chi connectivity index (χ3v) is 5.37. The molecule has 0 atom stereocenters. The minimum absolute atomic E-state index is 0.0413. The molecule has 0 aliphatic heterocycles. The van der Waals surface area contributed by atoms with Crippen LogP contribution in [0, 0.1) is 0 Å². The van der Waals surface area contributed by atoms with E-state index in [2.05, 4.69) is 5.32 Å². The number of benzene rings is 2. The Morgan fingerprint density at radius 1 is 0.781 bits per heavy atom. The molecule has 0 saturated carbocycles. The third-order valence-electron chi connectivity index (χ3n) is 5.01. The number of carbonyl (C=O) groups excluding carboxylic acids is 4. The molecule has 8 nitrogen and oxygen atoms in total. The van der Waals surface area contributed by atoms with Gasteiger partial charge in [-0.3, -0.25) is 19.2 Å². The summed E-state index contributed by atoms with van der Waals surface area (Å²) in [6.45, 7) is -0.479. The fourth-order valence-corrected chi connectivity index (χ4v) is 3.88. The van der Waals surface area contributed by atoms with Gasteiger partial charge in [-0.2, -0.15) is 0 Å². The van der Waals surface area contributed by atoms with Crippen molar-refractivity contribution in [3.8, 4) is 0 Å². The van der Waals surface area contributed by atoms with Crippen LogP contribution >= 0.6 is 11.6 Å². The molecular weight excluding hydrogens is 438 g/mol. The summed E-state index contributed by atoms with van der Waals surface area (Å²) < 4.78 is 5.49. The van der Waals surface area contributed by atoms with Gasteiger partial charge < -0.3 is 15.2 Å². The fourth-order valence-electron chi connectivity index (χ4n) is 3.60. The Labute approximate surface area is 186 Å². The first-order valence-electron chi connectivity index (χ1n) is 9.43. The molecule has 2 aromatic rings. The van der Waals surface area contributed by atoms with Crippen molar-refractivity contribution in [3.05, 3.63) is 92.7 Å². The van der Waals surface area contributed by atoms with E-state index in [1.54, 1.807) is 24.3 Å². The predicted molar refractivity (Wildman–Crippen MR) is 112 cm³/mol. The summed E-state index contributed by atoms with van der Waals surface area (Å²) in [5, 5.41) is 10.3. The minimum atomic E-state index is -1.30. The summed E-state index contributed by atoms with van der Waals surface area (Å²) in [4.78, 5) is 63.3. The molecule has 0 radical (unpaired) electrons. The maximum absolute atomic E-state index is 13.4. The van der Waals surface area contributed by atoms with E-state index >= 15 is 0 Å². The van der Waals surface area contributed by atoms with Gasteiger partial charge in [0, 0.05) is 22.3 Å². The van der Waals surface area contributed by atoms with Gasteiger partial charge in [0.05, 0.1) is 17.7 Å². The van der Waals surface area contributed by atoms with Crippen molar-refractivity contribution >= 4 is 40.8 Å². The van der Waals surface area contributed by atoms with Crippen LogP contribution in [0.3, 0.4) is 0 Å². The maximum Gasteiger partial charge on any atom is 0.404 e. The van der Waals surface area contributed by atoms with Gasteiger partial charge in [0.2, 0.25) is 11.6 Å². The zero-order chi connectivity index (χ0) is 23.0. The van der Waals surface area contributed by atoms with Crippen LogP contribution in [0.2, 0.25) is 0 Å². The van der Waals surface area contributed by atoms with Crippen molar-refractivity contribution in [2.75, 3.05) is 13.2 Å². The average molecular weight is 452 g/mol. The lowest BCUT2D eigenvalue weighted by Crippen LogP contribution is -2.31. The largest absolute Gasteiger partial charge is 0.487 e. The molecule has 2 N–H and O–H groups in total. The first-order valence-corrected chi connectivity index (χ1v) is 9.81. The fraction of sp³-hybridized carbons (Fsp3) is 0.0870. The van der Waals surface area contributed by atoms with E-state index in [1.807, 2.05) is 0 Å². The van der Waals surface area contributed by atoms with Crippen LogP contribution in [0.25, 0.3) is 0 Å². The van der Waals surface area contributed by atoms with Crippen LogP contribution in [0.1, 0.15) is 41.4 Å². The molecule has 9 heteroatoms. The Bertz CT molecular complexity index is 1290. The number of halogens is 1. The van der Waals surface area contributed by atoms with Crippen LogP contribution in [0.15, 0.2) is 70.5 Å². The van der Waals surface area contributed by atoms with Crippen molar-refractivity contribution in [2.45, 2.75) is 0 Å². The second kappa shape index (κ2) is 8.24. The van der Waals surface area contributed by atoms with Crippen molar-refractivity contribution in [3.63, 3.8) is 0 Å². The first kappa shape index (κ1) is 21.2. The maximum atomic E-state index is 13.4. The summed E-state index contributed by atoms with van der Waals surface area (Å²) in [5.74, 6) is -3.19. The second-order valence-corrected chi connectivity index (χ2v) is 7.26. The number of ketones is 4. The van der Waals surface area contributed by atoms with Crippen molar-refractivity contribution in [1.29, 1.82) is 0 Å². The minimum Gasteiger partial charge on any atom is -0.487 e. The molecule has 0 fully saturated rings. The lowest BCUT2D eigenvalue weighted by atomic mass is 9.79.